The summed E-state index contributed by atoms with van der Waals surface area (Å²) in [6.07, 6.45) is 3.29. The van der Waals surface area contributed by atoms with Gasteiger partial charge in [-0.05, 0) is 55.0 Å². The Labute approximate surface area is 244 Å². The van der Waals surface area contributed by atoms with Gasteiger partial charge in [-0.1, -0.05) is 40.5 Å². The normalized spacial score (nSPS) is 10.7. The summed E-state index contributed by atoms with van der Waals surface area (Å²) in [5, 5.41) is 28.6. The number of amides is 2. The second kappa shape index (κ2) is 11.6. The van der Waals surface area contributed by atoms with Gasteiger partial charge in [0.15, 0.2) is 5.82 Å². The number of nitrogens with zero attached hydrogens (tertiary/aromatic N) is 7. The molecule has 11 nitrogen and oxygen atoms in total. The van der Waals surface area contributed by atoms with Gasteiger partial charge in [-0.25, -0.2) is 14.3 Å². The lowest BCUT2D eigenvalue weighted by atomic mass is 10.0. The van der Waals surface area contributed by atoms with Crippen molar-refractivity contribution in [2.24, 2.45) is 0 Å². The van der Waals surface area contributed by atoms with Crippen molar-refractivity contribution in [3.63, 3.8) is 0 Å². The van der Waals surface area contributed by atoms with Gasteiger partial charge in [-0.15, -0.1) is 5.10 Å². The first-order valence-electron chi connectivity index (χ1n) is 12.2. The number of benzene rings is 2. The first kappa shape index (κ1) is 27.5. The highest BCUT2D eigenvalue weighted by Gasteiger charge is 2.23. The maximum absolute atomic E-state index is 13.7. The van der Waals surface area contributed by atoms with Crippen LogP contribution in [0.3, 0.4) is 0 Å². The lowest BCUT2D eigenvalue weighted by molar-refractivity contribution is 0.0964. The van der Waals surface area contributed by atoms with E-state index >= 15 is 0 Å². The number of pyridine rings is 1. The first-order valence-corrected chi connectivity index (χ1v) is 13.0. The van der Waals surface area contributed by atoms with Gasteiger partial charge in [0.25, 0.3) is 11.8 Å². The smallest absolute Gasteiger partial charge is 0.274 e. The molecule has 0 bridgehead atoms. The van der Waals surface area contributed by atoms with E-state index < -0.39 is 11.8 Å². The number of carbonyl (C=O) groups excluding carboxylic acids is 2. The van der Waals surface area contributed by atoms with E-state index in [-0.39, 0.29) is 39.9 Å². The van der Waals surface area contributed by atoms with Crippen molar-refractivity contribution < 1.29 is 9.59 Å². The molecule has 5 rings (SSSR count). The van der Waals surface area contributed by atoms with Crippen LogP contribution in [0.25, 0.3) is 17.1 Å². The Morgan fingerprint density at radius 1 is 1.07 bits per heavy atom. The van der Waals surface area contributed by atoms with Gasteiger partial charge >= 0.3 is 0 Å². The Kier molecular flexibility index (Phi) is 7.78. The zero-order valence-electron chi connectivity index (χ0n) is 21.8. The Bertz CT molecular complexity index is 1820. The third kappa shape index (κ3) is 5.79. The summed E-state index contributed by atoms with van der Waals surface area (Å²) in [4.78, 5) is 30.6. The predicted molar refractivity (Wildman–Crippen MR) is 153 cm³/mol. The minimum atomic E-state index is -0.566. The molecule has 0 saturated heterocycles. The molecule has 2 aromatic carbocycles. The first-order chi connectivity index (χ1) is 19.8. The highest BCUT2D eigenvalue weighted by molar-refractivity contribution is 6.32. The van der Waals surface area contributed by atoms with Gasteiger partial charge in [0.05, 0.1) is 46.3 Å². The molecule has 41 heavy (non-hydrogen) atoms. The quantitative estimate of drug-likeness (QED) is 0.282. The average Bonchev–Trinajstić information content (AvgIpc) is 3.61. The number of rotatable bonds is 7. The zero-order chi connectivity index (χ0) is 29.1. The van der Waals surface area contributed by atoms with Crippen LogP contribution in [0.4, 0.5) is 5.69 Å². The Morgan fingerprint density at radius 3 is 2.56 bits per heavy atom. The molecule has 0 fully saturated rings. The van der Waals surface area contributed by atoms with E-state index in [9.17, 15) is 14.9 Å². The lowest BCUT2D eigenvalue weighted by Gasteiger charge is -2.14. The summed E-state index contributed by atoms with van der Waals surface area (Å²) in [6.45, 7) is 1.89. The summed E-state index contributed by atoms with van der Waals surface area (Å²) in [7, 11) is 1.47. The summed E-state index contributed by atoms with van der Waals surface area (Å²) in [5.74, 6) is -0.775. The SMILES string of the molecule is CNC(=O)c1cc(C#N)cc(C)c1NC(=O)c1cc(Cn2cc(-c3ccc(Cl)cc3)nn2)nn1-c1ncccc1Cl. The highest BCUT2D eigenvalue weighted by Crippen LogP contribution is 2.26. The Balaban J connectivity index is 1.51. The summed E-state index contributed by atoms with van der Waals surface area (Å²) < 4.78 is 2.93. The second-order valence-electron chi connectivity index (χ2n) is 8.91. The molecule has 0 atom stereocenters. The van der Waals surface area contributed by atoms with E-state index in [4.69, 9.17) is 23.2 Å². The van der Waals surface area contributed by atoms with Crippen LogP contribution in [0, 0.1) is 18.3 Å². The van der Waals surface area contributed by atoms with Gasteiger partial charge in [0.2, 0.25) is 0 Å². The van der Waals surface area contributed by atoms with Crippen molar-refractivity contribution in [1.82, 2.24) is 35.1 Å². The minimum absolute atomic E-state index is 0.116. The molecule has 0 unspecified atom stereocenters. The van der Waals surface area contributed by atoms with E-state index in [0.29, 0.717) is 22.0 Å². The van der Waals surface area contributed by atoms with Gasteiger partial charge in [-0.3, -0.25) is 9.59 Å². The van der Waals surface area contributed by atoms with Gasteiger partial charge in [0.1, 0.15) is 11.4 Å². The molecule has 0 aliphatic heterocycles. The van der Waals surface area contributed by atoms with Crippen LogP contribution in [0.5, 0.6) is 0 Å². The van der Waals surface area contributed by atoms with E-state index in [2.05, 4.69) is 31.0 Å². The van der Waals surface area contributed by atoms with Crippen molar-refractivity contribution in [2.75, 3.05) is 12.4 Å². The molecule has 13 heteroatoms. The fourth-order valence-corrected chi connectivity index (χ4v) is 4.49. The van der Waals surface area contributed by atoms with Crippen LogP contribution in [0.15, 0.2) is 67.0 Å². The van der Waals surface area contributed by atoms with E-state index in [0.717, 1.165) is 5.56 Å². The number of halogens is 2. The van der Waals surface area contributed by atoms with Crippen LogP contribution in [-0.2, 0) is 6.54 Å². The summed E-state index contributed by atoms with van der Waals surface area (Å²) in [6, 6.07) is 17.1. The Morgan fingerprint density at radius 2 is 1.85 bits per heavy atom. The number of nitriles is 1. The van der Waals surface area contributed by atoms with Crippen LogP contribution < -0.4 is 10.6 Å². The molecule has 0 radical (unpaired) electrons. The number of carbonyl (C=O) groups is 2. The Hall–Kier alpha value is -5.05. The third-order valence-electron chi connectivity index (χ3n) is 6.11. The molecule has 5 aromatic rings. The molecule has 0 aliphatic carbocycles. The number of nitrogens with one attached hydrogen (secondary N) is 2. The topological polar surface area (TPSA) is 143 Å². The van der Waals surface area contributed by atoms with Crippen molar-refractivity contribution in [3.8, 4) is 23.1 Å². The number of hydrogen-bond donors (Lipinski definition) is 2. The standard InChI is InChI=1S/C28H21Cl2N9O2/c1-16-10-17(13-31)11-21(27(40)32-2)25(16)34-28(41)24-12-20(36-39(24)26-22(30)4-3-9-33-26)14-38-15-23(35-37-38)18-5-7-19(29)8-6-18/h3-12,15H,14H2,1-2H3,(H,32,40)(H,34,41). The second-order valence-corrected chi connectivity index (χ2v) is 9.75. The molecule has 2 N–H and O–H groups in total. The highest BCUT2D eigenvalue weighted by atomic mass is 35.5. The maximum Gasteiger partial charge on any atom is 0.274 e. The number of aromatic nitrogens is 6. The molecule has 204 valence electrons. The zero-order valence-corrected chi connectivity index (χ0v) is 23.3. The largest absolute Gasteiger partial charge is 0.355 e. The fourth-order valence-electron chi connectivity index (χ4n) is 4.17. The maximum atomic E-state index is 13.7. The van der Waals surface area contributed by atoms with Crippen molar-refractivity contribution >= 4 is 40.7 Å². The van der Waals surface area contributed by atoms with E-state index in [1.165, 1.54) is 24.0 Å². The third-order valence-corrected chi connectivity index (χ3v) is 6.66. The summed E-state index contributed by atoms with van der Waals surface area (Å²) in [5.41, 5.74) is 3.32. The van der Waals surface area contributed by atoms with Gasteiger partial charge in [-0.2, -0.15) is 10.4 Å². The minimum Gasteiger partial charge on any atom is -0.355 e. The molecular weight excluding hydrogens is 565 g/mol. The van der Waals surface area contributed by atoms with E-state index in [1.54, 1.807) is 54.2 Å². The molecule has 3 heterocycles. The van der Waals surface area contributed by atoms with Crippen LogP contribution in [-0.4, -0.2) is 48.6 Å². The van der Waals surface area contributed by atoms with Gasteiger partial charge < -0.3 is 10.6 Å². The number of hydrogen-bond acceptors (Lipinski definition) is 7. The fraction of sp³-hybridized carbons (Fsp3) is 0.107. The van der Waals surface area contributed by atoms with Crippen LogP contribution in [0.1, 0.15) is 37.7 Å². The van der Waals surface area contributed by atoms with Crippen molar-refractivity contribution in [2.45, 2.75) is 13.5 Å². The van der Waals surface area contributed by atoms with Crippen molar-refractivity contribution in [1.29, 1.82) is 5.26 Å². The van der Waals surface area contributed by atoms with Crippen LogP contribution >= 0.6 is 23.2 Å². The predicted octanol–water partition coefficient (Wildman–Crippen LogP) is 4.67. The molecule has 2 amide bonds. The lowest BCUT2D eigenvalue weighted by Crippen LogP contribution is -2.24. The average molecular weight is 586 g/mol. The number of anilines is 1. The van der Waals surface area contributed by atoms with Crippen LogP contribution in [0.2, 0.25) is 10.0 Å². The van der Waals surface area contributed by atoms with E-state index in [1.807, 2.05) is 18.2 Å². The van der Waals surface area contributed by atoms with Crippen molar-refractivity contribution in [3.05, 3.63) is 105 Å². The number of aryl methyl sites for hydroxylation is 1. The monoisotopic (exact) mass is 585 g/mol. The van der Waals surface area contributed by atoms with Gasteiger partial charge in [0, 0.05) is 23.8 Å². The molecule has 0 aliphatic rings. The molecule has 0 saturated carbocycles. The molecule has 0 spiro atoms. The molecule has 3 aromatic heterocycles. The molecular formula is C28H21Cl2N9O2. The summed E-state index contributed by atoms with van der Waals surface area (Å²) >= 11 is 12.4.